The molecule has 2 unspecified atom stereocenters. The second kappa shape index (κ2) is 7.48. The Balaban J connectivity index is 1.68. The molecule has 2 N–H and O–H groups in total. The van der Waals surface area contributed by atoms with Gasteiger partial charge in [-0.1, -0.05) is 18.2 Å². The number of aryl methyl sites for hydroxylation is 2. The van der Waals surface area contributed by atoms with Crippen molar-refractivity contribution in [3.63, 3.8) is 0 Å². The van der Waals surface area contributed by atoms with Crippen LogP contribution in [-0.2, 0) is 14.4 Å². The van der Waals surface area contributed by atoms with Crippen LogP contribution in [0.1, 0.15) is 48.4 Å². The third-order valence-corrected chi connectivity index (χ3v) is 5.43. The van der Waals surface area contributed by atoms with Crippen LogP contribution in [0.25, 0.3) is 0 Å². The zero-order valence-electron chi connectivity index (χ0n) is 15.3. The second-order valence-corrected chi connectivity index (χ2v) is 7.52. The topological polar surface area (TPSA) is 86.7 Å². The first-order chi connectivity index (χ1) is 12.4. The van der Waals surface area contributed by atoms with E-state index in [0.29, 0.717) is 25.1 Å². The lowest BCUT2D eigenvalue weighted by molar-refractivity contribution is -0.144. The monoisotopic (exact) mass is 358 g/mol. The smallest absolute Gasteiger partial charge is 0.330 e. The highest BCUT2D eigenvalue weighted by molar-refractivity contribution is 5.87. The van der Waals surface area contributed by atoms with Crippen molar-refractivity contribution in [2.24, 2.45) is 11.8 Å². The predicted molar refractivity (Wildman–Crippen MR) is 96.5 cm³/mol. The summed E-state index contributed by atoms with van der Waals surface area (Å²) in [6.07, 6.45) is 3.34. The third kappa shape index (κ3) is 4.06. The average Bonchev–Trinajstić information content (AvgIpc) is 3.46. The Morgan fingerprint density at radius 3 is 2.46 bits per heavy atom. The van der Waals surface area contributed by atoms with Gasteiger partial charge in [0.1, 0.15) is 0 Å². The Bertz CT molecular complexity index is 727. The molecule has 6 heteroatoms. The van der Waals surface area contributed by atoms with Crippen LogP contribution in [0.4, 0.5) is 0 Å². The van der Waals surface area contributed by atoms with Crippen molar-refractivity contribution in [2.75, 3.05) is 13.1 Å². The summed E-state index contributed by atoms with van der Waals surface area (Å²) in [5.74, 6) is -1.43. The summed E-state index contributed by atoms with van der Waals surface area (Å²) in [4.78, 5) is 38.4. The van der Waals surface area contributed by atoms with Crippen molar-refractivity contribution in [2.45, 2.75) is 45.6 Å². The minimum atomic E-state index is -1.08. The fraction of sp³-hybridized carbons (Fsp3) is 0.550. The maximum Gasteiger partial charge on any atom is 0.330 e. The Hall–Kier alpha value is -2.37. The molecule has 2 fully saturated rings. The Morgan fingerprint density at radius 2 is 1.85 bits per heavy atom. The van der Waals surface area contributed by atoms with Crippen molar-refractivity contribution < 1.29 is 19.5 Å². The van der Waals surface area contributed by atoms with Crippen LogP contribution in [-0.4, -0.2) is 40.9 Å². The molecule has 0 spiro atoms. The molecule has 2 amide bonds. The molecule has 3 rings (SSSR count). The predicted octanol–water partition coefficient (Wildman–Crippen LogP) is 2.19. The molecule has 1 saturated carbocycles. The Morgan fingerprint density at radius 1 is 1.12 bits per heavy atom. The van der Waals surface area contributed by atoms with Gasteiger partial charge in [0.15, 0.2) is 6.04 Å². The van der Waals surface area contributed by atoms with Gasteiger partial charge in [0.05, 0.1) is 5.92 Å². The van der Waals surface area contributed by atoms with Crippen LogP contribution in [0.5, 0.6) is 0 Å². The molecular formula is C20H26N2O4. The van der Waals surface area contributed by atoms with Crippen molar-refractivity contribution >= 4 is 17.8 Å². The molecule has 1 heterocycles. The first-order valence-corrected chi connectivity index (χ1v) is 9.26. The van der Waals surface area contributed by atoms with Crippen LogP contribution in [0.2, 0.25) is 0 Å². The molecule has 1 aromatic carbocycles. The second-order valence-electron chi connectivity index (χ2n) is 7.52. The van der Waals surface area contributed by atoms with E-state index < -0.39 is 12.0 Å². The first-order valence-electron chi connectivity index (χ1n) is 9.26. The van der Waals surface area contributed by atoms with Crippen LogP contribution < -0.4 is 5.32 Å². The van der Waals surface area contributed by atoms with E-state index in [0.717, 1.165) is 30.4 Å². The number of carboxylic acids is 1. The number of rotatable bonds is 5. The van der Waals surface area contributed by atoms with Gasteiger partial charge in [-0.2, -0.15) is 0 Å². The summed E-state index contributed by atoms with van der Waals surface area (Å²) in [5.41, 5.74) is 2.63. The van der Waals surface area contributed by atoms with Gasteiger partial charge in [0.2, 0.25) is 11.8 Å². The highest BCUT2D eigenvalue weighted by atomic mass is 16.4. The number of hydrogen-bond donors (Lipinski definition) is 2. The maximum atomic E-state index is 12.7. The molecule has 1 aromatic rings. The Kier molecular flexibility index (Phi) is 5.30. The van der Waals surface area contributed by atoms with E-state index in [4.69, 9.17) is 0 Å². The first kappa shape index (κ1) is 18.4. The van der Waals surface area contributed by atoms with Gasteiger partial charge in [0, 0.05) is 19.0 Å². The molecule has 0 radical (unpaired) electrons. The number of carbonyl (C=O) groups is 3. The van der Waals surface area contributed by atoms with Crippen molar-refractivity contribution in [1.29, 1.82) is 0 Å². The lowest BCUT2D eigenvalue weighted by Gasteiger charge is -2.32. The van der Waals surface area contributed by atoms with Crippen molar-refractivity contribution in [3.05, 3.63) is 34.9 Å². The summed E-state index contributed by atoms with van der Waals surface area (Å²) in [7, 11) is 0. The van der Waals surface area contributed by atoms with E-state index in [-0.39, 0.29) is 23.7 Å². The highest BCUT2D eigenvalue weighted by Gasteiger charge is 2.37. The number of carboxylic acid groups (broad SMARTS) is 1. The van der Waals surface area contributed by atoms with Crippen LogP contribution in [0.3, 0.4) is 0 Å². The summed E-state index contributed by atoms with van der Waals surface area (Å²) in [6.45, 7) is 4.96. The highest BCUT2D eigenvalue weighted by Crippen LogP contribution is 2.32. The molecule has 1 aliphatic carbocycles. The summed E-state index contributed by atoms with van der Waals surface area (Å²) in [5, 5.41) is 12.3. The van der Waals surface area contributed by atoms with Gasteiger partial charge < -0.3 is 15.3 Å². The van der Waals surface area contributed by atoms with Gasteiger partial charge in [-0.25, -0.2) is 4.79 Å². The van der Waals surface area contributed by atoms with Crippen LogP contribution in [0.15, 0.2) is 18.2 Å². The molecule has 6 nitrogen and oxygen atoms in total. The van der Waals surface area contributed by atoms with E-state index in [1.165, 1.54) is 0 Å². The van der Waals surface area contributed by atoms with Crippen molar-refractivity contribution in [3.8, 4) is 0 Å². The maximum absolute atomic E-state index is 12.7. The molecule has 140 valence electrons. The third-order valence-electron chi connectivity index (χ3n) is 5.43. The van der Waals surface area contributed by atoms with E-state index in [9.17, 15) is 19.5 Å². The minimum Gasteiger partial charge on any atom is -0.479 e. The van der Waals surface area contributed by atoms with Gasteiger partial charge in [-0.3, -0.25) is 9.59 Å². The standard InChI is InChI=1S/C20H26N2O4/c1-12-5-6-15(10-13(12)2)17(20(25)26)21-18(23)16-4-3-9-22(11-16)19(24)14-7-8-14/h5-6,10,14,16-17H,3-4,7-9,11H2,1-2H3,(H,21,23)(H,25,26). The lowest BCUT2D eigenvalue weighted by Crippen LogP contribution is -2.47. The molecule has 1 aliphatic heterocycles. The fourth-order valence-corrected chi connectivity index (χ4v) is 3.47. The zero-order chi connectivity index (χ0) is 18.8. The SMILES string of the molecule is Cc1ccc(C(NC(=O)C2CCCN(C(=O)C3CC3)C2)C(=O)O)cc1C. The summed E-state index contributed by atoms with van der Waals surface area (Å²) in [6, 6.07) is 4.34. The number of hydrogen-bond acceptors (Lipinski definition) is 3. The average molecular weight is 358 g/mol. The minimum absolute atomic E-state index is 0.138. The van der Waals surface area contributed by atoms with Gasteiger partial charge in [0.25, 0.3) is 0 Å². The number of carbonyl (C=O) groups excluding carboxylic acids is 2. The van der Waals surface area contributed by atoms with Gasteiger partial charge in [-0.15, -0.1) is 0 Å². The number of likely N-dealkylation sites (tertiary alicyclic amines) is 1. The lowest BCUT2D eigenvalue weighted by atomic mass is 9.95. The molecule has 0 aromatic heterocycles. The van der Waals surface area contributed by atoms with Gasteiger partial charge >= 0.3 is 5.97 Å². The molecular weight excluding hydrogens is 332 g/mol. The van der Waals surface area contributed by atoms with E-state index in [1.54, 1.807) is 17.0 Å². The van der Waals surface area contributed by atoms with E-state index in [1.807, 2.05) is 19.9 Å². The van der Waals surface area contributed by atoms with E-state index >= 15 is 0 Å². The van der Waals surface area contributed by atoms with Crippen LogP contribution >= 0.6 is 0 Å². The number of piperidine rings is 1. The molecule has 2 atom stereocenters. The quantitative estimate of drug-likeness (QED) is 0.845. The molecule has 26 heavy (non-hydrogen) atoms. The Labute approximate surface area is 153 Å². The summed E-state index contributed by atoms with van der Waals surface area (Å²) < 4.78 is 0. The summed E-state index contributed by atoms with van der Waals surface area (Å²) >= 11 is 0. The molecule has 2 aliphatic rings. The number of benzene rings is 1. The number of nitrogens with zero attached hydrogens (tertiary/aromatic N) is 1. The normalized spacial score (nSPS) is 21.2. The van der Waals surface area contributed by atoms with Crippen molar-refractivity contribution in [1.82, 2.24) is 10.2 Å². The number of nitrogens with one attached hydrogen (secondary N) is 1. The number of aliphatic carboxylic acids is 1. The fourth-order valence-electron chi connectivity index (χ4n) is 3.47. The zero-order valence-corrected chi connectivity index (χ0v) is 15.3. The largest absolute Gasteiger partial charge is 0.479 e. The van der Waals surface area contributed by atoms with E-state index in [2.05, 4.69) is 5.32 Å². The number of amides is 2. The van der Waals surface area contributed by atoms with Gasteiger partial charge in [-0.05, 0) is 56.2 Å². The molecule has 0 bridgehead atoms. The molecule has 1 saturated heterocycles. The van der Waals surface area contributed by atoms with Crippen LogP contribution in [0, 0.1) is 25.7 Å².